The van der Waals surface area contributed by atoms with Crippen LogP contribution in [0.4, 0.5) is 0 Å². The first-order valence-electron chi connectivity index (χ1n) is 6.98. The van der Waals surface area contributed by atoms with Crippen LogP contribution in [-0.2, 0) is 4.79 Å². The molecule has 0 aliphatic carbocycles. The Hall–Kier alpha value is -1.20. The largest absolute Gasteiger partial charge is 0.492 e. The van der Waals surface area contributed by atoms with Gasteiger partial charge in [-0.05, 0) is 12.1 Å². The molecule has 1 aromatic rings. The topological polar surface area (TPSA) is 41.6 Å². The Morgan fingerprint density at radius 3 is 2.95 bits per heavy atom. The number of ether oxygens (including phenoxy) is 1. The lowest BCUT2D eigenvalue weighted by Gasteiger charge is -2.25. The average molecular weight is 294 g/mol. The highest BCUT2D eigenvalue weighted by atomic mass is 32.2. The van der Waals surface area contributed by atoms with Crippen molar-refractivity contribution in [3.8, 4) is 5.75 Å². The predicted octanol–water partition coefficient (Wildman–Crippen LogP) is 1.62. The van der Waals surface area contributed by atoms with E-state index in [2.05, 4.69) is 5.32 Å². The van der Waals surface area contributed by atoms with Crippen LogP contribution in [0.25, 0.3) is 0 Å². The van der Waals surface area contributed by atoms with Gasteiger partial charge >= 0.3 is 0 Å². The molecule has 4 nitrogen and oxygen atoms in total. The number of nitrogens with one attached hydrogen (secondary N) is 1. The standard InChI is InChI=1S/C15H22N2O2S/c1-17(8-9-19-14-5-3-2-4-6-14)15(18)11-13-12-20-10-7-16-13/h2-6,13,16H,7-12H2,1H3. The molecule has 1 heterocycles. The Kier molecular flexibility index (Phi) is 6.21. The van der Waals surface area contributed by atoms with Gasteiger partial charge in [0.25, 0.3) is 0 Å². The van der Waals surface area contributed by atoms with Gasteiger partial charge in [0.2, 0.25) is 5.91 Å². The van der Waals surface area contributed by atoms with Crippen molar-refractivity contribution in [3.05, 3.63) is 30.3 Å². The Balaban J connectivity index is 1.65. The summed E-state index contributed by atoms with van der Waals surface area (Å²) in [5.74, 6) is 3.20. The van der Waals surface area contributed by atoms with Gasteiger partial charge in [-0.15, -0.1) is 0 Å². The van der Waals surface area contributed by atoms with Crippen LogP contribution in [0.2, 0.25) is 0 Å². The van der Waals surface area contributed by atoms with Crippen LogP contribution < -0.4 is 10.1 Å². The zero-order valence-corrected chi connectivity index (χ0v) is 12.7. The van der Waals surface area contributed by atoms with E-state index in [1.807, 2.05) is 49.1 Å². The molecule has 1 N–H and O–H groups in total. The molecule has 0 spiro atoms. The molecule has 1 aromatic carbocycles. The molecule has 1 atom stereocenters. The van der Waals surface area contributed by atoms with Crippen molar-refractivity contribution in [1.82, 2.24) is 10.2 Å². The fourth-order valence-electron chi connectivity index (χ4n) is 2.06. The number of likely N-dealkylation sites (N-methyl/N-ethyl adjacent to an activating group) is 1. The van der Waals surface area contributed by atoms with Crippen molar-refractivity contribution in [3.63, 3.8) is 0 Å². The van der Waals surface area contributed by atoms with E-state index in [1.54, 1.807) is 4.90 Å². The summed E-state index contributed by atoms with van der Waals surface area (Å²) in [5.41, 5.74) is 0. The minimum absolute atomic E-state index is 0.182. The van der Waals surface area contributed by atoms with E-state index in [0.29, 0.717) is 25.6 Å². The number of thioether (sulfide) groups is 1. The first-order valence-corrected chi connectivity index (χ1v) is 8.14. The molecular formula is C15H22N2O2S. The summed E-state index contributed by atoms with van der Waals surface area (Å²) in [5, 5.41) is 3.39. The summed E-state index contributed by atoms with van der Waals surface area (Å²) in [6, 6.07) is 10.00. The van der Waals surface area contributed by atoms with E-state index in [4.69, 9.17) is 4.74 Å². The second-order valence-corrected chi connectivity index (χ2v) is 6.06. The molecule has 1 aliphatic heterocycles. The van der Waals surface area contributed by atoms with Gasteiger partial charge in [-0.1, -0.05) is 18.2 Å². The van der Waals surface area contributed by atoms with Gasteiger partial charge in [0.1, 0.15) is 12.4 Å². The van der Waals surface area contributed by atoms with E-state index < -0.39 is 0 Å². The van der Waals surface area contributed by atoms with Crippen LogP contribution >= 0.6 is 11.8 Å². The lowest BCUT2D eigenvalue weighted by molar-refractivity contribution is -0.130. The fraction of sp³-hybridized carbons (Fsp3) is 0.533. The molecule has 0 saturated carbocycles. The molecule has 0 radical (unpaired) electrons. The van der Waals surface area contributed by atoms with Gasteiger partial charge in [-0.3, -0.25) is 4.79 Å². The van der Waals surface area contributed by atoms with Gasteiger partial charge in [0, 0.05) is 37.6 Å². The van der Waals surface area contributed by atoms with Crippen molar-refractivity contribution in [1.29, 1.82) is 0 Å². The van der Waals surface area contributed by atoms with Crippen molar-refractivity contribution in [2.45, 2.75) is 12.5 Å². The van der Waals surface area contributed by atoms with E-state index in [0.717, 1.165) is 23.8 Å². The Morgan fingerprint density at radius 1 is 1.45 bits per heavy atom. The number of hydrogen-bond acceptors (Lipinski definition) is 4. The Bertz CT molecular complexity index is 408. The maximum Gasteiger partial charge on any atom is 0.224 e. The molecule has 1 aliphatic rings. The summed E-state index contributed by atoms with van der Waals surface area (Å²) >= 11 is 1.91. The van der Waals surface area contributed by atoms with E-state index in [1.165, 1.54) is 0 Å². The zero-order chi connectivity index (χ0) is 14.2. The molecule has 1 saturated heterocycles. The number of nitrogens with zero attached hydrogens (tertiary/aromatic N) is 1. The summed E-state index contributed by atoms with van der Waals surface area (Å²) < 4.78 is 5.60. The molecule has 1 unspecified atom stereocenters. The number of carbonyl (C=O) groups excluding carboxylic acids is 1. The molecule has 110 valence electrons. The van der Waals surface area contributed by atoms with Crippen molar-refractivity contribution in [2.24, 2.45) is 0 Å². The number of benzene rings is 1. The molecule has 1 fully saturated rings. The van der Waals surface area contributed by atoms with Crippen LogP contribution in [0.15, 0.2) is 30.3 Å². The molecule has 5 heteroatoms. The highest BCUT2D eigenvalue weighted by Gasteiger charge is 2.18. The molecule has 2 rings (SSSR count). The number of hydrogen-bond donors (Lipinski definition) is 1. The van der Waals surface area contributed by atoms with Crippen molar-refractivity contribution >= 4 is 17.7 Å². The third-order valence-corrected chi connectivity index (χ3v) is 4.41. The van der Waals surface area contributed by atoms with Crippen LogP contribution in [0, 0.1) is 0 Å². The molecule has 20 heavy (non-hydrogen) atoms. The third kappa shape index (κ3) is 5.06. The van der Waals surface area contributed by atoms with E-state index >= 15 is 0 Å². The summed E-state index contributed by atoms with van der Waals surface area (Å²) in [6.45, 7) is 2.15. The SMILES string of the molecule is CN(CCOc1ccccc1)C(=O)CC1CSCCN1. The van der Waals surface area contributed by atoms with Gasteiger partial charge in [-0.2, -0.15) is 11.8 Å². The first kappa shape index (κ1) is 15.2. The predicted molar refractivity (Wildman–Crippen MR) is 83.3 cm³/mol. The normalized spacial score (nSPS) is 18.6. The van der Waals surface area contributed by atoms with E-state index in [9.17, 15) is 4.79 Å². The van der Waals surface area contributed by atoms with E-state index in [-0.39, 0.29) is 5.91 Å². The Morgan fingerprint density at radius 2 is 2.25 bits per heavy atom. The lowest BCUT2D eigenvalue weighted by Crippen LogP contribution is -2.42. The minimum atomic E-state index is 0.182. The first-order chi connectivity index (χ1) is 9.75. The Labute approximate surface area is 124 Å². The molecular weight excluding hydrogens is 272 g/mol. The molecule has 1 amide bonds. The van der Waals surface area contributed by atoms with Crippen LogP contribution in [0.3, 0.4) is 0 Å². The molecule has 0 aromatic heterocycles. The lowest BCUT2D eigenvalue weighted by atomic mass is 10.2. The second kappa shape index (κ2) is 8.17. The monoisotopic (exact) mass is 294 g/mol. The highest BCUT2D eigenvalue weighted by molar-refractivity contribution is 7.99. The number of amides is 1. The number of carbonyl (C=O) groups is 1. The van der Waals surface area contributed by atoms with Gasteiger partial charge < -0.3 is 15.0 Å². The third-order valence-electron chi connectivity index (χ3n) is 3.28. The number of rotatable bonds is 6. The smallest absolute Gasteiger partial charge is 0.224 e. The quantitative estimate of drug-likeness (QED) is 0.866. The second-order valence-electron chi connectivity index (χ2n) is 4.91. The fourth-order valence-corrected chi connectivity index (χ4v) is 3.01. The number of para-hydroxylation sites is 1. The summed E-state index contributed by atoms with van der Waals surface area (Å²) in [4.78, 5) is 13.8. The van der Waals surface area contributed by atoms with Crippen LogP contribution in [-0.4, -0.2) is 55.1 Å². The van der Waals surface area contributed by atoms with Gasteiger partial charge in [-0.25, -0.2) is 0 Å². The van der Waals surface area contributed by atoms with Gasteiger partial charge in [0.05, 0.1) is 6.54 Å². The summed E-state index contributed by atoms with van der Waals surface area (Å²) in [6.07, 6.45) is 0.578. The van der Waals surface area contributed by atoms with Crippen LogP contribution in [0.5, 0.6) is 5.75 Å². The molecule has 0 bridgehead atoms. The zero-order valence-electron chi connectivity index (χ0n) is 11.9. The summed E-state index contributed by atoms with van der Waals surface area (Å²) in [7, 11) is 1.84. The highest BCUT2D eigenvalue weighted by Crippen LogP contribution is 2.11. The maximum absolute atomic E-state index is 12.1. The maximum atomic E-state index is 12.1. The minimum Gasteiger partial charge on any atom is -0.492 e. The van der Waals surface area contributed by atoms with Crippen molar-refractivity contribution < 1.29 is 9.53 Å². The van der Waals surface area contributed by atoms with Gasteiger partial charge in [0.15, 0.2) is 0 Å². The van der Waals surface area contributed by atoms with Crippen LogP contribution in [0.1, 0.15) is 6.42 Å². The average Bonchev–Trinajstić information content (AvgIpc) is 2.49. The van der Waals surface area contributed by atoms with Crippen molar-refractivity contribution in [2.75, 3.05) is 38.2 Å².